The number of unbranched alkanes of at least 4 members (excludes halogenated alkanes) is 1. The van der Waals surface area contributed by atoms with Crippen molar-refractivity contribution in [3.8, 4) is 5.75 Å². The molecular formula is C25H27N3O3S. The lowest BCUT2D eigenvalue weighted by Gasteiger charge is -2.16. The molecule has 1 saturated heterocycles. The first-order chi connectivity index (χ1) is 15.5. The van der Waals surface area contributed by atoms with Gasteiger partial charge in [-0.15, -0.1) is 0 Å². The summed E-state index contributed by atoms with van der Waals surface area (Å²) in [7, 11) is -3.81. The summed E-state index contributed by atoms with van der Waals surface area (Å²) in [5, 5.41) is 6.83. The Morgan fingerprint density at radius 2 is 1.88 bits per heavy atom. The van der Waals surface area contributed by atoms with E-state index >= 15 is 0 Å². The van der Waals surface area contributed by atoms with Crippen molar-refractivity contribution in [3.63, 3.8) is 0 Å². The second-order valence-corrected chi connectivity index (χ2v) is 10.2. The van der Waals surface area contributed by atoms with Gasteiger partial charge in [0.2, 0.25) is 0 Å². The van der Waals surface area contributed by atoms with Crippen molar-refractivity contribution in [2.24, 2.45) is 0 Å². The Kier molecular flexibility index (Phi) is 5.61. The predicted octanol–water partition coefficient (Wildman–Crippen LogP) is 4.68. The summed E-state index contributed by atoms with van der Waals surface area (Å²) in [5.41, 5.74) is 0.543. The van der Waals surface area contributed by atoms with Crippen LogP contribution < -0.4 is 4.74 Å². The van der Waals surface area contributed by atoms with Crippen LogP contribution in [-0.4, -0.2) is 48.2 Å². The van der Waals surface area contributed by atoms with E-state index in [2.05, 4.69) is 16.9 Å². The van der Waals surface area contributed by atoms with Gasteiger partial charge in [-0.3, -0.25) is 4.90 Å². The Bertz CT molecular complexity index is 1360. The van der Waals surface area contributed by atoms with Gasteiger partial charge in [-0.2, -0.15) is 17.6 Å². The average molecular weight is 450 g/mol. The van der Waals surface area contributed by atoms with Crippen LogP contribution in [0.5, 0.6) is 5.75 Å². The standard InChI is InChI=1S/C25H27N3O3S/c1-2-3-13-27-14-12-23(18-27)31-22-9-11-25-21(15-22)17-26-28(25)32(29,30)24-10-8-19-6-4-5-7-20(19)16-24/h4-11,15-17,23H,2-3,12-14,18H2,1H3. The van der Waals surface area contributed by atoms with Crippen molar-refractivity contribution in [2.45, 2.75) is 37.2 Å². The number of aromatic nitrogens is 2. The summed E-state index contributed by atoms with van der Waals surface area (Å²) in [6.07, 6.45) is 5.18. The monoisotopic (exact) mass is 449 g/mol. The minimum absolute atomic E-state index is 0.167. The summed E-state index contributed by atoms with van der Waals surface area (Å²) < 4.78 is 33.9. The molecule has 0 spiro atoms. The maximum Gasteiger partial charge on any atom is 0.283 e. The van der Waals surface area contributed by atoms with Crippen LogP contribution in [0.1, 0.15) is 26.2 Å². The van der Waals surface area contributed by atoms with Gasteiger partial charge in [0, 0.05) is 18.5 Å². The molecule has 1 aliphatic heterocycles. The van der Waals surface area contributed by atoms with Crippen molar-refractivity contribution in [2.75, 3.05) is 19.6 Å². The molecule has 0 saturated carbocycles. The van der Waals surface area contributed by atoms with Crippen LogP contribution in [0.2, 0.25) is 0 Å². The smallest absolute Gasteiger partial charge is 0.283 e. The van der Waals surface area contributed by atoms with E-state index in [9.17, 15) is 8.42 Å². The van der Waals surface area contributed by atoms with Crippen LogP contribution in [0.25, 0.3) is 21.7 Å². The van der Waals surface area contributed by atoms with Gasteiger partial charge in [0.05, 0.1) is 16.6 Å². The molecule has 1 atom stereocenters. The quantitative estimate of drug-likeness (QED) is 0.410. The number of fused-ring (bicyclic) bond motifs is 2. The molecule has 3 aromatic carbocycles. The number of nitrogens with zero attached hydrogens (tertiary/aromatic N) is 3. The van der Waals surface area contributed by atoms with Crippen LogP contribution in [-0.2, 0) is 10.0 Å². The molecule has 2 heterocycles. The highest BCUT2D eigenvalue weighted by Gasteiger charge is 2.24. The first kappa shape index (κ1) is 21.0. The third kappa shape index (κ3) is 3.98. The van der Waals surface area contributed by atoms with Crippen LogP contribution in [0, 0.1) is 0 Å². The zero-order valence-electron chi connectivity index (χ0n) is 18.1. The molecule has 6 nitrogen and oxygen atoms in total. The Labute approximate surface area is 188 Å². The summed E-state index contributed by atoms with van der Waals surface area (Å²) in [4.78, 5) is 2.67. The van der Waals surface area contributed by atoms with Gasteiger partial charge in [-0.25, -0.2) is 0 Å². The van der Waals surface area contributed by atoms with Crippen molar-refractivity contribution in [1.29, 1.82) is 0 Å². The lowest BCUT2D eigenvalue weighted by atomic mass is 10.1. The summed E-state index contributed by atoms with van der Waals surface area (Å²) in [6, 6.07) is 18.4. The summed E-state index contributed by atoms with van der Waals surface area (Å²) in [6.45, 7) is 5.33. The number of hydrogen-bond acceptors (Lipinski definition) is 5. The molecule has 7 heteroatoms. The number of likely N-dealkylation sites (tertiary alicyclic amines) is 1. The second-order valence-electron chi connectivity index (χ2n) is 8.40. The lowest BCUT2D eigenvalue weighted by molar-refractivity contribution is 0.200. The first-order valence-corrected chi connectivity index (χ1v) is 12.6. The second kappa shape index (κ2) is 8.56. The molecular weight excluding hydrogens is 422 g/mol. The number of benzene rings is 3. The van der Waals surface area contributed by atoms with E-state index in [4.69, 9.17) is 4.74 Å². The molecule has 32 heavy (non-hydrogen) atoms. The Balaban J connectivity index is 1.39. The molecule has 4 aromatic rings. The van der Waals surface area contributed by atoms with E-state index in [0.717, 1.165) is 52.1 Å². The van der Waals surface area contributed by atoms with E-state index in [0.29, 0.717) is 5.52 Å². The number of rotatable bonds is 7. The maximum absolute atomic E-state index is 13.3. The molecule has 0 bridgehead atoms. The van der Waals surface area contributed by atoms with Crippen molar-refractivity contribution in [3.05, 3.63) is 66.9 Å². The lowest BCUT2D eigenvalue weighted by Crippen LogP contribution is -2.25. The van der Waals surface area contributed by atoms with Gasteiger partial charge < -0.3 is 4.74 Å². The molecule has 0 N–H and O–H groups in total. The average Bonchev–Trinajstić information content (AvgIpc) is 3.44. The fourth-order valence-electron chi connectivity index (χ4n) is 4.35. The Hall–Kier alpha value is -2.90. The van der Waals surface area contributed by atoms with Gasteiger partial charge in [0.25, 0.3) is 10.0 Å². The highest BCUT2D eigenvalue weighted by atomic mass is 32.2. The normalized spacial score (nSPS) is 17.3. The SMILES string of the molecule is CCCCN1CCC(Oc2ccc3c(cnn3S(=O)(=O)c3ccc4ccccc4c3)c2)C1. The highest BCUT2D eigenvalue weighted by molar-refractivity contribution is 7.90. The molecule has 1 aromatic heterocycles. The predicted molar refractivity (Wildman–Crippen MR) is 127 cm³/mol. The largest absolute Gasteiger partial charge is 0.489 e. The van der Waals surface area contributed by atoms with Crippen LogP contribution >= 0.6 is 0 Å². The third-order valence-electron chi connectivity index (χ3n) is 6.11. The van der Waals surface area contributed by atoms with E-state index < -0.39 is 10.0 Å². The van der Waals surface area contributed by atoms with Crippen LogP contribution in [0.3, 0.4) is 0 Å². The maximum atomic E-state index is 13.3. The Morgan fingerprint density at radius 1 is 1.03 bits per heavy atom. The zero-order chi connectivity index (χ0) is 22.1. The van der Waals surface area contributed by atoms with Gasteiger partial charge in [0.1, 0.15) is 11.9 Å². The van der Waals surface area contributed by atoms with Crippen LogP contribution in [0.4, 0.5) is 0 Å². The van der Waals surface area contributed by atoms with Crippen molar-refractivity contribution in [1.82, 2.24) is 14.1 Å². The van der Waals surface area contributed by atoms with E-state index in [1.54, 1.807) is 24.4 Å². The van der Waals surface area contributed by atoms with Gasteiger partial charge in [0.15, 0.2) is 0 Å². The highest BCUT2D eigenvalue weighted by Crippen LogP contribution is 2.27. The third-order valence-corrected chi connectivity index (χ3v) is 7.71. The molecule has 5 rings (SSSR count). The van der Waals surface area contributed by atoms with Crippen molar-refractivity contribution >= 4 is 31.7 Å². The molecule has 166 valence electrons. The Morgan fingerprint density at radius 3 is 2.72 bits per heavy atom. The molecule has 0 aliphatic carbocycles. The fraction of sp³-hybridized carbons (Fsp3) is 0.320. The van der Waals surface area contributed by atoms with Gasteiger partial charge in [-0.1, -0.05) is 43.7 Å². The zero-order valence-corrected chi connectivity index (χ0v) is 19.0. The first-order valence-electron chi connectivity index (χ1n) is 11.2. The minimum Gasteiger partial charge on any atom is -0.489 e. The van der Waals surface area contributed by atoms with Crippen molar-refractivity contribution < 1.29 is 13.2 Å². The van der Waals surface area contributed by atoms with E-state index in [1.807, 2.05) is 42.5 Å². The fourth-order valence-corrected chi connectivity index (χ4v) is 5.66. The molecule has 0 amide bonds. The van der Waals surface area contributed by atoms with E-state index in [-0.39, 0.29) is 11.0 Å². The molecule has 1 unspecified atom stereocenters. The van der Waals surface area contributed by atoms with Gasteiger partial charge >= 0.3 is 0 Å². The van der Waals surface area contributed by atoms with Gasteiger partial charge in [-0.05, 0) is 60.5 Å². The topological polar surface area (TPSA) is 64.4 Å². The molecule has 1 fully saturated rings. The number of hydrogen-bond donors (Lipinski definition) is 0. The summed E-state index contributed by atoms with van der Waals surface area (Å²) in [5.74, 6) is 0.752. The van der Waals surface area contributed by atoms with Crippen LogP contribution in [0.15, 0.2) is 71.8 Å². The summed E-state index contributed by atoms with van der Waals surface area (Å²) >= 11 is 0. The molecule has 1 aliphatic rings. The number of ether oxygens (including phenoxy) is 1. The minimum atomic E-state index is -3.81. The van der Waals surface area contributed by atoms with E-state index in [1.165, 1.54) is 12.8 Å². The molecule has 0 radical (unpaired) electrons.